The smallest absolute Gasteiger partial charge is 0.164 e. The van der Waals surface area contributed by atoms with Crippen molar-refractivity contribution in [1.29, 1.82) is 0 Å². The SMILES string of the molecule is O[C@H]1C[C@H](O)[C@@H](N2CCC(c3cccc4c3OCCO4)CC2)C[C@@H]1N1CCC(c2cccc3c2OCCO3)CC1. The van der Waals surface area contributed by atoms with Crippen LogP contribution in [-0.2, 0) is 0 Å². The molecule has 0 bridgehead atoms. The summed E-state index contributed by atoms with van der Waals surface area (Å²) in [6.07, 6.45) is 4.42. The van der Waals surface area contributed by atoms with Crippen molar-refractivity contribution in [1.82, 2.24) is 9.80 Å². The summed E-state index contributed by atoms with van der Waals surface area (Å²) in [5.41, 5.74) is 2.52. The van der Waals surface area contributed by atoms with Gasteiger partial charge < -0.3 is 29.2 Å². The first-order valence-corrected chi connectivity index (χ1v) is 15.3. The van der Waals surface area contributed by atoms with Crippen molar-refractivity contribution in [2.45, 2.75) is 74.7 Å². The van der Waals surface area contributed by atoms with Crippen LogP contribution in [0.2, 0.25) is 0 Å². The van der Waals surface area contributed by atoms with Crippen molar-refractivity contribution < 1.29 is 29.2 Å². The zero-order valence-electron chi connectivity index (χ0n) is 23.2. The van der Waals surface area contributed by atoms with Gasteiger partial charge in [-0.2, -0.15) is 0 Å². The molecule has 5 aliphatic rings. The second kappa shape index (κ2) is 11.4. The van der Waals surface area contributed by atoms with Crippen LogP contribution < -0.4 is 18.9 Å². The third-order valence-corrected chi connectivity index (χ3v) is 9.92. The maximum atomic E-state index is 11.1. The molecule has 0 unspecified atom stereocenters. The number of piperidine rings is 2. The first-order valence-electron chi connectivity index (χ1n) is 15.3. The van der Waals surface area contributed by atoms with E-state index in [0.29, 0.717) is 44.7 Å². The molecule has 4 atom stereocenters. The summed E-state index contributed by atoms with van der Waals surface area (Å²) in [5, 5.41) is 22.1. The van der Waals surface area contributed by atoms with Crippen LogP contribution in [-0.4, -0.2) is 96.9 Å². The molecule has 2 N–H and O–H groups in total. The largest absolute Gasteiger partial charge is 0.486 e. The Morgan fingerprint density at radius 2 is 0.975 bits per heavy atom. The van der Waals surface area contributed by atoms with Crippen LogP contribution in [0.4, 0.5) is 0 Å². The predicted molar refractivity (Wildman–Crippen MR) is 151 cm³/mol. The molecular formula is C32H42N2O6. The summed E-state index contributed by atoms with van der Waals surface area (Å²) >= 11 is 0. The molecule has 4 heterocycles. The molecule has 8 nitrogen and oxygen atoms in total. The lowest BCUT2D eigenvalue weighted by atomic mass is 9.80. The van der Waals surface area contributed by atoms with Gasteiger partial charge >= 0.3 is 0 Å². The van der Waals surface area contributed by atoms with E-state index in [1.807, 2.05) is 12.1 Å². The topological polar surface area (TPSA) is 83.9 Å². The minimum absolute atomic E-state index is 0.0861. The Balaban J connectivity index is 0.977. The van der Waals surface area contributed by atoms with E-state index in [-0.39, 0.29) is 12.1 Å². The lowest BCUT2D eigenvalue weighted by Crippen LogP contribution is -2.59. The van der Waals surface area contributed by atoms with Crippen LogP contribution in [0.15, 0.2) is 36.4 Å². The Morgan fingerprint density at radius 3 is 1.43 bits per heavy atom. The van der Waals surface area contributed by atoms with Crippen LogP contribution in [0.3, 0.4) is 0 Å². The lowest BCUT2D eigenvalue weighted by molar-refractivity contribution is -0.0800. The number of fused-ring (bicyclic) bond motifs is 2. The lowest BCUT2D eigenvalue weighted by Gasteiger charge is -2.49. The highest BCUT2D eigenvalue weighted by atomic mass is 16.6. The molecule has 3 fully saturated rings. The van der Waals surface area contributed by atoms with Crippen molar-refractivity contribution in [2.75, 3.05) is 52.6 Å². The third-order valence-electron chi connectivity index (χ3n) is 9.92. The molecule has 4 aliphatic heterocycles. The van der Waals surface area contributed by atoms with E-state index < -0.39 is 12.2 Å². The normalized spacial score (nSPS) is 30.2. The first kappa shape index (κ1) is 26.4. The van der Waals surface area contributed by atoms with Crippen molar-refractivity contribution in [3.63, 3.8) is 0 Å². The summed E-state index contributed by atoms with van der Waals surface area (Å²) in [5.74, 6) is 4.45. The second-order valence-corrected chi connectivity index (χ2v) is 12.1. The number of likely N-dealkylation sites (tertiary alicyclic amines) is 2. The molecule has 1 aliphatic carbocycles. The van der Waals surface area contributed by atoms with E-state index in [2.05, 4.69) is 34.1 Å². The second-order valence-electron chi connectivity index (χ2n) is 12.1. The summed E-state index contributed by atoms with van der Waals surface area (Å²) in [7, 11) is 0. The summed E-state index contributed by atoms with van der Waals surface area (Å²) in [6.45, 7) is 6.22. The van der Waals surface area contributed by atoms with E-state index in [9.17, 15) is 10.2 Å². The standard InChI is InChI=1S/C32H42N2O6/c35-27-20-28(36)26(34-13-9-22(10-14-34)24-4-2-6-30-32(24)40-18-16-38-30)19-25(27)33-11-7-21(8-12-33)23-3-1-5-29-31(23)39-17-15-37-29/h1-6,21-22,25-28,35-36H,7-20H2/t25-,26-,27-,28-/m0/s1. The first-order chi connectivity index (χ1) is 19.7. The molecule has 1 saturated carbocycles. The number of ether oxygens (including phenoxy) is 4. The van der Waals surface area contributed by atoms with E-state index in [1.54, 1.807) is 0 Å². The Hall–Kier alpha value is -2.52. The van der Waals surface area contributed by atoms with Gasteiger partial charge in [0.1, 0.15) is 26.4 Å². The molecule has 216 valence electrons. The Labute approximate surface area is 236 Å². The maximum absolute atomic E-state index is 11.1. The van der Waals surface area contributed by atoms with Gasteiger partial charge in [-0.15, -0.1) is 0 Å². The van der Waals surface area contributed by atoms with E-state index in [0.717, 1.165) is 81.3 Å². The molecule has 0 radical (unpaired) electrons. The molecule has 0 aromatic heterocycles. The van der Waals surface area contributed by atoms with E-state index in [1.165, 1.54) is 11.1 Å². The fourth-order valence-electron chi connectivity index (χ4n) is 7.83. The fourth-order valence-corrected chi connectivity index (χ4v) is 7.83. The highest BCUT2D eigenvalue weighted by Gasteiger charge is 2.43. The molecule has 0 spiro atoms. The fraction of sp³-hybridized carbons (Fsp3) is 0.625. The number of rotatable bonds is 4. The Bertz CT molecular complexity index is 1090. The number of benzene rings is 2. The Morgan fingerprint density at radius 1 is 0.550 bits per heavy atom. The third kappa shape index (κ3) is 5.04. The molecule has 2 aromatic carbocycles. The molecule has 8 heteroatoms. The molecule has 0 amide bonds. The number of nitrogens with zero attached hydrogens (tertiary/aromatic N) is 2. The van der Waals surface area contributed by atoms with Crippen LogP contribution in [0, 0.1) is 0 Å². The van der Waals surface area contributed by atoms with Gasteiger partial charge in [0, 0.05) is 29.6 Å². The molecular weight excluding hydrogens is 508 g/mol. The van der Waals surface area contributed by atoms with Gasteiger partial charge in [-0.05, 0) is 82.3 Å². The maximum Gasteiger partial charge on any atom is 0.164 e. The van der Waals surface area contributed by atoms with Crippen molar-refractivity contribution in [3.8, 4) is 23.0 Å². The summed E-state index contributed by atoms with van der Waals surface area (Å²) in [4.78, 5) is 4.96. The highest BCUT2D eigenvalue weighted by molar-refractivity contribution is 5.50. The number of para-hydroxylation sites is 2. The monoisotopic (exact) mass is 550 g/mol. The van der Waals surface area contributed by atoms with Crippen LogP contribution in [0.1, 0.15) is 61.5 Å². The quantitative estimate of drug-likeness (QED) is 0.598. The summed E-state index contributed by atoms with van der Waals surface area (Å²) in [6, 6.07) is 12.7. The average Bonchev–Trinajstić information content (AvgIpc) is 3.01. The number of hydrogen-bond acceptors (Lipinski definition) is 8. The number of aliphatic hydroxyl groups excluding tert-OH is 2. The summed E-state index contributed by atoms with van der Waals surface area (Å²) < 4.78 is 23.6. The van der Waals surface area contributed by atoms with Crippen molar-refractivity contribution in [2.24, 2.45) is 0 Å². The van der Waals surface area contributed by atoms with Gasteiger partial charge in [0.05, 0.1) is 12.2 Å². The highest BCUT2D eigenvalue weighted by Crippen LogP contribution is 2.44. The molecule has 2 aromatic rings. The molecule has 7 rings (SSSR count). The minimum atomic E-state index is -0.491. The van der Waals surface area contributed by atoms with Gasteiger partial charge in [0.2, 0.25) is 0 Å². The average molecular weight is 551 g/mol. The van der Waals surface area contributed by atoms with E-state index >= 15 is 0 Å². The predicted octanol–water partition coefficient (Wildman–Crippen LogP) is 3.54. The Kier molecular flexibility index (Phi) is 7.52. The number of aliphatic hydroxyl groups is 2. The minimum Gasteiger partial charge on any atom is -0.486 e. The number of hydrogen-bond donors (Lipinski definition) is 2. The molecule has 40 heavy (non-hydrogen) atoms. The molecule has 2 saturated heterocycles. The van der Waals surface area contributed by atoms with Gasteiger partial charge in [-0.1, -0.05) is 24.3 Å². The van der Waals surface area contributed by atoms with Gasteiger partial charge in [0.25, 0.3) is 0 Å². The zero-order valence-corrected chi connectivity index (χ0v) is 23.2. The van der Waals surface area contributed by atoms with Gasteiger partial charge in [-0.25, -0.2) is 0 Å². The van der Waals surface area contributed by atoms with E-state index in [4.69, 9.17) is 18.9 Å². The van der Waals surface area contributed by atoms with Crippen LogP contribution >= 0.6 is 0 Å². The van der Waals surface area contributed by atoms with Crippen LogP contribution in [0.5, 0.6) is 23.0 Å². The van der Waals surface area contributed by atoms with Gasteiger partial charge in [-0.3, -0.25) is 9.80 Å². The van der Waals surface area contributed by atoms with Crippen molar-refractivity contribution in [3.05, 3.63) is 47.5 Å². The van der Waals surface area contributed by atoms with Crippen LogP contribution in [0.25, 0.3) is 0 Å². The van der Waals surface area contributed by atoms with Gasteiger partial charge in [0.15, 0.2) is 23.0 Å². The zero-order chi connectivity index (χ0) is 27.1. The van der Waals surface area contributed by atoms with Crippen molar-refractivity contribution >= 4 is 0 Å².